The van der Waals surface area contributed by atoms with Gasteiger partial charge < -0.3 is 9.84 Å². The van der Waals surface area contributed by atoms with Crippen molar-refractivity contribution in [2.24, 2.45) is 0 Å². The van der Waals surface area contributed by atoms with Gasteiger partial charge in [-0.1, -0.05) is 11.2 Å². The molecule has 3 rings (SSSR count). The summed E-state index contributed by atoms with van der Waals surface area (Å²) in [5, 5.41) is 21.0. The molecule has 0 aliphatic carbocycles. The molecule has 0 radical (unpaired) electrons. The third-order valence-electron chi connectivity index (χ3n) is 3.15. The van der Waals surface area contributed by atoms with E-state index in [4.69, 9.17) is 4.52 Å². The Morgan fingerprint density at radius 2 is 2.25 bits per heavy atom. The minimum Gasteiger partial charge on any atom is -0.339 e. The second-order valence-corrected chi connectivity index (χ2v) is 5.66. The first kappa shape index (κ1) is 15.8. The van der Waals surface area contributed by atoms with Crippen molar-refractivity contribution < 1.29 is 14.2 Å². The van der Waals surface area contributed by atoms with Crippen LogP contribution in [0.4, 0.5) is 11.4 Å². The van der Waals surface area contributed by atoms with Crippen LogP contribution in [0, 0.1) is 10.1 Å². The average Bonchev–Trinajstić information content (AvgIpc) is 3.24. The number of carbonyl (C=O) groups excluding carboxylic acids is 1. The molecule has 0 atom stereocenters. The molecular formula is C15H12N4O4S. The van der Waals surface area contributed by atoms with Crippen LogP contribution in [-0.2, 0) is 11.2 Å². The van der Waals surface area contributed by atoms with Gasteiger partial charge in [-0.15, -0.1) is 0 Å². The van der Waals surface area contributed by atoms with E-state index in [2.05, 4.69) is 15.5 Å². The highest BCUT2D eigenvalue weighted by Crippen LogP contribution is 2.20. The fraction of sp³-hybridized carbons (Fsp3) is 0.133. The molecule has 0 bridgehead atoms. The van der Waals surface area contributed by atoms with Crippen molar-refractivity contribution in [3.8, 4) is 11.4 Å². The van der Waals surface area contributed by atoms with Gasteiger partial charge >= 0.3 is 0 Å². The standard InChI is InChI=1S/C15H12N4O4S/c20-13(16-11-2-1-3-12(8-11)19(21)22)4-5-14-17-15(18-23-14)10-6-7-24-9-10/h1-3,6-9H,4-5H2,(H,16,20). The highest BCUT2D eigenvalue weighted by atomic mass is 32.1. The van der Waals surface area contributed by atoms with Crippen molar-refractivity contribution >= 4 is 28.6 Å². The van der Waals surface area contributed by atoms with Gasteiger partial charge in [0.25, 0.3) is 5.69 Å². The van der Waals surface area contributed by atoms with E-state index in [9.17, 15) is 14.9 Å². The van der Waals surface area contributed by atoms with Crippen molar-refractivity contribution in [2.45, 2.75) is 12.8 Å². The molecule has 8 nitrogen and oxygen atoms in total. The van der Waals surface area contributed by atoms with Crippen molar-refractivity contribution in [2.75, 3.05) is 5.32 Å². The fourth-order valence-electron chi connectivity index (χ4n) is 2.01. The number of nitro benzene ring substituents is 1. The van der Waals surface area contributed by atoms with Crippen molar-refractivity contribution in [1.29, 1.82) is 0 Å². The van der Waals surface area contributed by atoms with E-state index in [-0.39, 0.29) is 24.4 Å². The van der Waals surface area contributed by atoms with Crippen LogP contribution in [-0.4, -0.2) is 21.0 Å². The molecule has 0 spiro atoms. The molecule has 0 aliphatic heterocycles. The third-order valence-corrected chi connectivity index (χ3v) is 3.84. The smallest absolute Gasteiger partial charge is 0.271 e. The number of aryl methyl sites for hydroxylation is 1. The van der Waals surface area contributed by atoms with Crippen LogP contribution >= 0.6 is 11.3 Å². The summed E-state index contributed by atoms with van der Waals surface area (Å²) in [6.45, 7) is 0. The summed E-state index contributed by atoms with van der Waals surface area (Å²) in [5.74, 6) is 0.571. The Morgan fingerprint density at radius 1 is 1.38 bits per heavy atom. The van der Waals surface area contributed by atoms with E-state index in [0.29, 0.717) is 17.4 Å². The lowest BCUT2D eigenvalue weighted by atomic mass is 10.2. The molecule has 0 saturated carbocycles. The number of anilines is 1. The highest BCUT2D eigenvalue weighted by molar-refractivity contribution is 7.08. The number of thiophene rings is 1. The Kier molecular flexibility index (Phi) is 4.62. The largest absolute Gasteiger partial charge is 0.339 e. The van der Waals surface area contributed by atoms with Gasteiger partial charge in [0.2, 0.25) is 17.6 Å². The predicted octanol–water partition coefficient (Wildman–Crippen LogP) is 3.28. The Labute approximate surface area is 140 Å². The Hall–Kier alpha value is -3.07. The molecule has 2 aromatic heterocycles. The van der Waals surface area contributed by atoms with Gasteiger partial charge in [0.1, 0.15) is 0 Å². The molecule has 1 aromatic carbocycles. The molecule has 0 aliphatic rings. The van der Waals surface area contributed by atoms with Crippen LogP contribution in [0.2, 0.25) is 0 Å². The summed E-state index contributed by atoms with van der Waals surface area (Å²) in [6, 6.07) is 7.65. The quantitative estimate of drug-likeness (QED) is 0.542. The number of hydrogen-bond donors (Lipinski definition) is 1. The second kappa shape index (κ2) is 7.01. The lowest BCUT2D eigenvalue weighted by Crippen LogP contribution is -2.12. The Morgan fingerprint density at radius 3 is 3.00 bits per heavy atom. The summed E-state index contributed by atoms with van der Waals surface area (Å²) in [5.41, 5.74) is 1.17. The van der Waals surface area contributed by atoms with Gasteiger partial charge in [0, 0.05) is 41.6 Å². The first-order valence-corrected chi connectivity index (χ1v) is 7.95. The van der Waals surface area contributed by atoms with Crippen molar-refractivity contribution in [3.63, 3.8) is 0 Å². The maximum atomic E-state index is 11.9. The number of aromatic nitrogens is 2. The van der Waals surface area contributed by atoms with E-state index in [0.717, 1.165) is 5.56 Å². The summed E-state index contributed by atoms with van der Waals surface area (Å²) < 4.78 is 5.11. The molecule has 24 heavy (non-hydrogen) atoms. The number of benzene rings is 1. The minimum absolute atomic E-state index is 0.0786. The lowest BCUT2D eigenvalue weighted by Gasteiger charge is -2.03. The minimum atomic E-state index is -0.514. The zero-order valence-electron chi connectivity index (χ0n) is 12.3. The predicted molar refractivity (Wildman–Crippen MR) is 87.7 cm³/mol. The number of amides is 1. The molecule has 0 fully saturated rings. The highest BCUT2D eigenvalue weighted by Gasteiger charge is 2.12. The van der Waals surface area contributed by atoms with Gasteiger partial charge in [-0.05, 0) is 17.5 Å². The first-order chi connectivity index (χ1) is 11.6. The summed E-state index contributed by atoms with van der Waals surface area (Å²) >= 11 is 1.53. The SMILES string of the molecule is O=C(CCc1nc(-c2ccsc2)no1)Nc1cccc([N+](=O)[O-])c1. The van der Waals surface area contributed by atoms with Crippen LogP contribution in [0.3, 0.4) is 0 Å². The summed E-state index contributed by atoms with van der Waals surface area (Å²) in [6.07, 6.45) is 0.422. The van der Waals surface area contributed by atoms with E-state index in [1.165, 1.54) is 29.5 Å². The van der Waals surface area contributed by atoms with Crippen molar-refractivity contribution in [3.05, 3.63) is 57.1 Å². The number of nitrogens with zero attached hydrogens (tertiary/aromatic N) is 3. The number of nitrogens with one attached hydrogen (secondary N) is 1. The van der Waals surface area contributed by atoms with Crippen LogP contribution in [0.1, 0.15) is 12.3 Å². The number of carbonyl (C=O) groups is 1. The molecule has 3 aromatic rings. The maximum Gasteiger partial charge on any atom is 0.271 e. The molecule has 9 heteroatoms. The van der Waals surface area contributed by atoms with Crippen LogP contribution < -0.4 is 5.32 Å². The van der Waals surface area contributed by atoms with E-state index in [1.807, 2.05) is 16.8 Å². The van der Waals surface area contributed by atoms with Crippen LogP contribution in [0.5, 0.6) is 0 Å². The molecule has 122 valence electrons. The van der Waals surface area contributed by atoms with E-state index < -0.39 is 4.92 Å². The monoisotopic (exact) mass is 344 g/mol. The van der Waals surface area contributed by atoms with Gasteiger partial charge in [0.05, 0.1) is 4.92 Å². The van der Waals surface area contributed by atoms with Crippen molar-refractivity contribution in [1.82, 2.24) is 10.1 Å². The normalized spacial score (nSPS) is 10.5. The van der Waals surface area contributed by atoms with Crippen LogP contribution in [0.15, 0.2) is 45.6 Å². The number of hydrogen-bond acceptors (Lipinski definition) is 7. The average molecular weight is 344 g/mol. The number of rotatable bonds is 6. The van der Waals surface area contributed by atoms with Gasteiger partial charge in [-0.3, -0.25) is 14.9 Å². The van der Waals surface area contributed by atoms with Crippen LogP contribution in [0.25, 0.3) is 11.4 Å². The molecule has 2 heterocycles. The Balaban J connectivity index is 1.56. The van der Waals surface area contributed by atoms with E-state index >= 15 is 0 Å². The number of non-ortho nitro benzene ring substituents is 1. The maximum absolute atomic E-state index is 11.9. The van der Waals surface area contributed by atoms with Gasteiger partial charge in [-0.25, -0.2) is 0 Å². The fourth-order valence-corrected chi connectivity index (χ4v) is 2.64. The second-order valence-electron chi connectivity index (χ2n) is 4.88. The van der Waals surface area contributed by atoms with Gasteiger partial charge in [0.15, 0.2) is 0 Å². The molecule has 0 saturated heterocycles. The first-order valence-electron chi connectivity index (χ1n) is 7.01. The Bertz CT molecular complexity index is 860. The zero-order chi connectivity index (χ0) is 16.9. The summed E-state index contributed by atoms with van der Waals surface area (Å²) in [4.78, 5) is 26.4. The van der Waals surface area contributed by atoms with E-state index in [1.54, 1.807) is 6.07 Å². The topological polar surface area (TPSA) is 111 Å². The summed E-state index contributed by atoms with van der Waals surface area (Å²) in [7, 11) is 0. The third kappa shape index (κ3) is 3.82. The number of nitro groups is 1. The molecular weight excluding hydrogens is 332 g/mol. The molecule has 0 unspecified atom stereocenters. The molecule has 1 N–H and O–H groups in total. The lowest BCUT2D eigenvalue weighted by molar-refractivity contribution is -0.384. The zero-order valence-corrected chi connectivity index (χ0v) is 13.2. The van der Waals surface area contributed by atoms with Gasteiger partial charge in [-0.2, -0.15) is 16.3 Å². The molecule has 1 amide bonds.